The number of rotatable bonds is 7. The summed E-state index contributed by atoms with van der Waals surface area (Å²) >= 11 is 0. The molecule has 1 aliphatic heterocycles. The van der Waals surface area contributed by atoms with Gasteiger partial charge in [0.1, 0.15) is 0 Å². The number of amides is 2. The van der Waals surface area contributed by atoms with Crippen molar-refractivity contribution in [3.63, 3.8) is 0 Å². The van der Waals surface area contributed by atoms with Gasteiger partial charge in [-0.25, -0.2) is 0 Å². The van der Waals surface area contributed by atoms with Gasteiger partial charge in [0.25, 0.3) is 5.91 Å². The van der Waals surface area contributed by atoms with Crippen LogP contribution in [0.25, 0.3) is 0 Å². The number of nitrogens with one attached hydrogen (secondary N) is 1. The third-order valence-electron chi connectivity index (χ3n) is 6.16. The summed E-state index contributed by atoms with van der Waals surface area (Å²) in [4.78, 5) is 27.1. The lowest BCUT2D eigenvalue weighted by molar-refractivity contribution is -0.137. The predicted molar refractivity (Wildman–Crippen MR) is 123 cm³/mol. The summed E-state index contributed by atoms with van der Waals surface area (Å²) in [5.41, 5.74) is 0.172. The summed E-state index contributed by atoms with van der Waals surface area (Å²) < 4.78 is 54.3. The highest BCUT2D eigenvalue weighted by atomic mass is 19.4. The highest BCUT2D eigenvalue weighted by Gasteiger charge is 2.32. The minimum atomic E-state index is -4.45. The van der Waals surface area contributed by atoms with E-state index in [0.29, 0.717) is 43.2 Å². The Balaban J connectivity index is 1.59. The monoisotopic (exact) mass is 494 g/mol. The van der Waals surface area contributed by atoms with Crippen molar-refractivity contribution in [2.75, 3.05) is 34.4 Å². The molecule has 3 rings (SSSR count). The molecule has 1 N–H and O–H groups in total. The maximum atomic E-state index is 12.9. The van der Waals surface area contributed by atoms with Crippen LogP contribution < -0.4 is 19.5 Å². The molecule has 10 heteroatoms. The number of halogens is 3. The van der Waals surface area contributed by atoms with Crippen LogP contribution in [-0.2, 0) is 11.0 Å². The van der Waals surface area contributed by atoms with E-state index < -0.39 is 11.7 Å². The summed E-state index contributed by atoms with van der Waals surface area (Å²) in [7, 11) is 4.55. The van der Waals surface area contributed by atoms with Gasteiger partial charge in [-0.15, -0.1) is 0 Å². The summed E-state index contributed by atoms with van der Waals surface area (Å²) in [5, 5.41) is 3.00. The van der Waals surface area contributed by atoms with Crippen LogP contribution in [0.5, 0.6) is 17.2 Å². The third kappa shape index (κ3) is 5.98. The molecule has 0 aliphatic carbocycles. The molecule has 0 bridgehead atoms. The second-order valence-corrected chi connectivity index (χ2v) is 8.33. The lowest BCUT2D eigenvalue weighted by atomic mass is 9.94. The molecule has 1 atom stereocenters. The van der Waals surface area contributed by atoms with Gasteiger partial charge in [0.05, 0.1) is 32.9 Å². The second kappa shape index (κ2) is 10.9. The Bertz CT molecular complexity index is 1020. The van der Waals surface area contributed by atoms with Gasteiger partial charge >= 0.3 is 6.18 Å². The van der Waals surface area contributed by atoms with Crippen molar-refractivity contribution < 1.29 is 37.0 Å². The average molecular weight is 495 g/mol. The molecule has 2 aromatic carbocycles. The van der Waals surface area contributed by atoms with Gasteiger partial charge in [-0.05, 0) is 61.7 Å². The number of piperidine rings is 1. The summed E-state index contributed by atoms with van der Waals surface area (Å²) in [6.45, 7) is 2.54. The lowest BCUT2D eigenvalue weighted by Gasteiger charge is -2.32. The van der Waals surface area contributed by atoms with E-state index in [1.807, 2.05) is 6.92 Å². The van der Waals surface area contributed by atoms with Crippen LogP contribution in [0, 0.1) is 5.92 Å². The fourth-order valence-corrected chi connectivity index (χ4v) is 4.10. The van der Waals surface area contributed by atoms with Gasteiger partial charge in [-0.2, -0.15) is 13.2 Å². The average Bonchev–Trinajstić information content (AvgIpc) is 2.86. The first-order chi connectivity index (χ1) is 16.6. The number of hydrogen-bond donors (Lipinski definition) is 1. The SMILES string of the molecule is COc1cc(C(C)NC(=O)C2CCN(C(=O)c3ccc(C(F)(F)F)cc3)CC2)cc(OC)c1OC. The Morgan fingerprint density at radius 2 is 1.51 bits per heavy atom. The van der Waals surface area contributed by atoms with E-state index in [1.54, 1.807) is 17.0 Å². The molecule has 1 heterocycles. The highest BCUT2D eigenvalue weighted by Crippen LogP contribution is 2.39. The van der Waals surface area contributed by atoms with Crippen LogP contribution in [0.15, 0.2) is 36.4 Å². The van der Waals surface area contributed by atoms with Crippen molar-refractivity contribution in [3.05, 3.63) is 53.1 Å². The predicted octanol–water partition coefficient (Wildman–Crippen LogP) is 4.46. The number of nitrogens with zero attached hydrogens (tertiary/aromatic N) is 1. The van der Waals surface area contributed by atoms with Gasteiger partial charge in [-0.1, -0.05) is 0 Å². The summed E-state index contributed by atoms with van der Waals surface area (Å²) in [6, 6.07) is 7.39. The van der Waals surface area contributed by atoms with Gasteiger partial charge < -0.3 is 24.4 Å². The molecule has 0 aromatic heterocycles. The number of alkyl halides is 3. The number of methoxy groups -OCH3 is 3. The van der Waals surface area contributed by atoms with Gasteiger partial charge in [-0.3, -0.25) is 9.59 Å². The van der Waals surface area contributed by atoms with E-state index in [1.165, 1.54) is 33.5 Å². The zero-order valence-corrected chi connectivity index (χ0v) is 20.1. The van der Waals surface area contributed by atoms with Gasteiger partial charge in [0.15, 0.2) is 11.5 Å². The van der Waals surface area contributed by atoms with Gasteiger partial charge in [0, 0.05) is 24.6 Å². The zero-order valence-electron chi connectivity index (χ0n) is 20.1. The molecule has 1 unspecified atom stereocenters. The first kappa shape index (κ1) is 26.2. The van der Waals surface area contributed by atoms with Crippen molar-refractivity contribution in [1.29, 1.82) is 0 Å². The fraction of sp³-hybridized carbons (Fsp3) is 0.440. The van der Waals surface area contributed by atoms with Crippen molar-refractivity contribution in [1.82, 2.24) is 10.2 Å². The molecule has 1 saturated heterocycles. The molecular formula is C25H29F3N2O5. The molecule has 2 amide bonds. The van der Waals surface area contributed by atoms with E-state index in [-0.39, 0.29) is 29.3 Å². The van der Waals surface area contributed by atoms with Crippen LogP contribution in [0.4, 0.5) is 13.2 Å². The largest absolute Gasteiger partial charge is 0.493 e. The maximum absolute atomic E-state index is 12.9. The smallest absolute Gasteiger partial charge is 0.416 e. The van der Waals surface area contributed by atoms with Crippen molar-refractivity contribution in [3.8, 4) is 17.2 Å². The normalized spacial score (nSPS) is 15.3. The zero-order chi connectivity index (χ0) is 25.8. The number of carbonyl (C=O) groups excluding carboxylic acids is 2. The standard InChI is InChI=1S/C25H29F3N2O5/c1-15(18-13-20(33-2)22(35-4)21(14-18)34-3)29-23(31)16-9-11-30(12-10-16)24(32)17-5-7-19(8-6-17)25(26,27)28/h5-8,13-16H,9-12H2,1-4H3,(H,29,31). The van der Waals surface area contributed by atoms with E-state index in [4.69, 9.17) is 14.2 Å². The molecular weight excluding hydrogens is 465 g/mol. The van der Waals surface area contributed by atoms with Crippen molar-refractivity contribution >= 4 is 11.8 Å². The Morgan fingerprint density at radius 3 is 1.97 bits per heavy atom. The summed E-state index contributed by atoms with van der Waals surface area (Å²) in [6.07, 6.45) is -3.53. The van der Waals surface area contributed by atoms with Crippen LogP contribution in [-0.4, -0.2) is 51.1 Å². The minimum Gasteiger partial charge on any atom is -0.493 e. The van der Waals surface area contributed by atoms with E-state index in [2.05, 4.69) is 5.32 Å². The Kier molecular flexibility index (Phi) is 8.14. The third-order valence-corrected chi connectivity index (χ3v) is 6.16. The molecule has 1 fully saturated rings. The first-order valence-electron chi connectivity index (χ1n) is 11.2. The van der Waals surface area contributed by atoms with E-state index in [0.717, 1.165) is 17.7 Å². The Labute approximate surface area is 202 Å². The Morgan fingerprint density at radius 1 is 0.971 bits per heavy atom. The second-order valence-electron chi connectivity index (χ2n) is 8.33. The molecule has 0 radical (unpaired) electrons. The van der Waals surface area contributed by atoms with Gasteiger partial charge in [0.2, 0.25) is 11.7 Å². The molecule has 0 spiro atoms. The lowest BCUT2D eigenvalue weighted by Crippen LogP contribution is -2.43. The van der Waals surface area contributed by atoms with Crippen LogP contribution >= 0.6 is 0 Å². The van der Waals surface area contributed by atoms with Crippen LogP contribution in [0.1, 0.15) is 47.3 Å². The molecule has 190 valence electrons. The molecule has 7 nitrogen and oxygen atoms in total. The number of hydrogen-bond acceptors (Lipinski definition) is 5. The van der Waals surface area contributed by atoms with Crippen molar-refractivity contribution in [2.45, 2.75) is 32.0 Å². The van der Waals surface area contributed by atoms with Crippen LogP contribution in [0.2, 0.25) is 0 Å². The number of likely N-dealkylation sites (tertiary alicyclic amines) is 1. The van der Waals surface area contributed by atoms with E-state index >= 15 is 0 Å². The fourth-order valence-electron chi connectivity index (χ4n) is 4.10. The minimum absolute atomic E-state index is 0.132. The highest BCUT2D eigenvalue weighted by molar-refractivity contribution is 5.94. The summed E-state index contributed by atoms with van der Waals surface area (Å²) in [5.74, 6) is 0.672. The Hall–Kier alpha value is -3.43. The first-order valence-corrected chi connectivity index (χ1v) is 11.2. The quantitative estimate of drug-likeness (QED) is 0.615. The molecule has 35 heavy (non-hydrogen) atoms. The van der Waals surface area contributed by atoms with E-state index in [9.17, 15) is 22.8 Å². The number of benzene rings is 2. The van der Waals surface area contributed by atoms with Crippen molar-refractivity contribution in [2.24, 2.45) is 5.92 Å². The topological polar surface area (TPSA) is 77.1 Å². The number of carbonyl (C=O) groups is 2. The molecule has 1 aliphatic rings. The maximum Gasteiger partial charge on any atom is 0.416 e. The molecule has 0 saturated carbocycles. The molecule has 2 aromatic rings. The van der Waals surface area contributed by atoms with Crippen LogP contribution in [0.3, 0.4) is 0 Å². The number of ether oxygens (including phenoxy) is 3.